The molecule has 2 amide bonds. The number of carbonyl (C=O) groups excluding carboxylic acids is 2. The number of rotatable bonds is 13. The lowest BCUT2D eigenvalue weighted by Gasteiger charge is -2.34. The fraction of sp³-hybridized carbons (Fsp3) is 0.257. The van der Waals surface area contributed by atoms with Gasteiger partial charge in [-0.25, -0.2) is 8.42 Å². The van der Waals surface area contributed by atoms with Gasteiger partial charge in [0.15, 0.2) is 0 Å². The lowest BCUT2D eigenvalue weighted by molar-refractivity contribution is -0.140. The maximum atomic E-state index is 14.5. The van der Waals surface area contributed by atoms with Gasteiger partial charge in [-0.3, -0.25) is 13.9 Å². The Morgan fingerprint density at radius 1 is 0.833 bits per heavy atom. The monoisotopic (exact) mass is 719 g/mol. The highest BCUT2D eigenvalue weighted by Crippen LogP contribution is 2.38. The molecule has 0 spiro atoms. The van der Waals surface area contributed by atoms with Crippen molar-refractivity contribution in [3.8, 4) is 0 Å². The van der Waals surface area contributed by atoms with E-state index in [1.165, 1.54) is 29.2 Å². The van der Waals surface area contributed by atoms with Gasteiger partial charge in [0.05, 0.1) is 21.2 Å². The lowest BCUT2D eigenvalue weighted by Crippen LogP contribution is -2.53. The molecule has 4 rings (SSSR count). The van der Waals surface area contributed by atoms with Gasteiger partial charge in [0, 0.05) is 24.5 Å². The van der Waals surface area contributed by atoms with E-state index in [0.717, 1.165) is 17.7 Å². The first-order valence-electron chi connectivity index (χ1n) is 15.0. The van der Waals surface area contributed by atoms with Crippen molar-refractivity contribution in [3.05, 3.63) is 130 Å². The number of anilines is 1. The molecule has 1 atom stereocenters. The number of nitrogens with zero attached hydrogens (tertiary/aromatic N) is 2. The molecule has 48 heavy (non-hydrogen) atoms. The number of sulfonamides is 1. The molecular weight excluding hydrogens is 686 g/mol. The summed E-state index contributed by atoms with van der Waals surface area (Å²) >= 11 is 12.3. The van der Waals surface area contributed by atoms with Crippen LogP contribution >= 0.6 is 23.2 Å². The van der Waals surface area contributed by atoms with Gasteiger partial charge in [0.25, 0.3) is 10.0 Å². The molecular formula is C35H34Cl2F3N3O4S. The standard InChI is InChI=1S/C35H34Cl2F3N3O4S/c1-24(2)21-41-34(45)32(19-25-11-5-3-6-12-25)42(22-26-13-9-10-16-30(26)36)33(44)23-43(48(46,47)28-14-7-4-8-15-28)27-17-18-31(37)29(20-27)35(38,39)40/h3-18,20,24,32H,19,21-23H2,1-2H3,(H,41,45). The van der Waals surface area contributed by atoms with E-state index in [4.69, 9.17) is 23.2 Å². The normalized spacial score (nSPS) is 12.4. The maximum Gasteiger partial charge on any atom is 0.417 e. The Balaban J connectivity index is 1.86. The minimum Gasteiger partial charge on any atom is -0.354 e. The van der Waals surface area contributed by atoms with E-state index in [9.17, 15) is 31.2 Å². The van der Waals surface area contributed by atoms with Crippen molar-refractivity contribution in [1.82, 2.24) is 10.2 Å². The third-order valence-electron chi connectivity index (χ3n) is 7.41. The zero-order chi connectivity index (χ0) is 35.1. The van der Waals surface area contributed by atoms with Crippen molar-refractivity contribution < 1.29 is 31.2 Å². The Kier molecular flexibility index (Phi) is 12.2. The van der Waals surface area contributed by atoms with Crippen molar-refractivity contribution in [2.45, 2.75) is 43.9 Å². The maximum absolute atomic E-state index is 14.5. The molecule has 0 fully saturated rings. The molecule has 0 saturated heterocycles. The molecule has 1 N–H and O–H groups in total. The number of nitrogens with one attached hydrogen (secondary N) is 1. The van der Waals surface area contributed by atoms with E-state index in [1.807, 2.05) is 13.8 Å². The first kappa shape index (κ1) is 36.8. The Bertz CT molecular complexity index is 1830. The van der Waals surface area contributed by atoms with Gasteiger partial charge in [-0.15, -0.1) is 0 Å². The summed E-state index contributed by atoms with van der Waals surface area (Å²) in [6, 6.07) is 24.1. The molecule has 7 nitrogen and oxygen atoms in total. The molecule has 0 bridgehead atoms. The minimum atomic E-state index is -4.91. The van der Waals surface area contributed by atoms with E-state index < -0.39 is 56.9 Å². The Labute approximate surface area is 288 Å². The molecule has 0 radical (unpaired) electrons. The van der Waals surface area contributed by atoms with E-state index in [0.29, 0.717) is 27.5 Å². The molecule has 4 aromatic carbocycles. The summed E-state index contributed by atoms with van der Waals surface area (Å²) in [5, 5.41) is 2.54. The van der Waals surface area contributed by atoms with Crippen LogP contribution in [0.4, 0.5) is 18.9 Å². The molecule has 0 heterocycles. The van der Waals surface area contributed by atoms with Crippen molar-refractivity contribution >= 4 is 50.7 Å². The highest BCUT2D eigenvalue weighted by atomic mass is 35.5. The van der Waals surface area contributed by atoms with Crippen LogP contribution in [0.2, 0.25) is 10.0 Å². The number of hydrogen-bond acceptors (Lipinski definition) is 4. The molecule has 0 aromatic heterocycles. The zero-order valence-corrected chi connectivity index (χ0v) is 28.5. The highest BCUT2D eigenvalue weighted by molar-refractivity contribution is 7.92. The smallest absolute Gasteiger partial charge is 0.354 e. The second-order valence-electron chi connectivity index (χ2n) is 11.4. The van der Waals surface area contributed by atoms with Crippen molar-refractivity contribution in [1.29, 1.82) is 0 Å². The molecule has 254 valence electrons. The van der Waals surface area contributed by atoms with Crippen LogP contribution in [0, 0.1) is 5.92 Å². The van der Waals surface area contributed by atoms with Gasteiger partial charge in [0.1, 0.15) is 12.6 Å². The summed E-state index contributed by atoms with van der Waals surface area (Å²) in [4.78, 5) is 29.3. The first-order chi connectivity index (χ1) is 22.7. The van der Waals surface area contributed by atoms with Crippen molar-refractivity contribution in [2.24, 2.45) is 5.92 Å². The van der Waals surface area contributed by atoms with Crippen LogP contribution in [-0.4, -0.2) is 44.3 Å². The van der Waals surface area contributed by atoms with Gasteiger partial charge < -0.3 is 10.2 Å². The van der Waals surface area contributed by atoms with E-state index in [-0.39, 0.29) is 23.8 Å². The lowest BCUT2D eigenvalue weighted by atomic mass is 10.0. The number of carbonyl (C=O) groups is 2. The van der Waals surface area contributed by atoms with E-state index in [1.54, 1.807) is 60.7 Å². The second-order valence-corrected chi connectivity index (χ2v) is 14.1. The van der Waals surface area contributed by atoms with E-state index in [2.05, 4.69) is 5.32 Å². The van der Waals surface area contributed by atoms with Crippen LogP contribution in [0.3, 0.4) is 0 Å². The average molecular weight is 721 g/mol. The summed E-state index contributed by atoms with van der Waals surface area (Å²) in [6.07, 6.45) is -4.85. The number of hydrogen-bond donors (Lipinski definition) is 1. The van der Waals surface area contributed by atoms with Crippen LogP contribution in [0.15, 0.2) is 108 Å². The zero-order valence-electron chi connectivity index (χ0n) is 26.1. The third-order valence-corrected chi connectivity index (χ3v) is 9.89. The quantitative estimate of drug-likeness (QED) is 0.154. The van der Waals surface area contributed by atoms with Gasteiger partial charge in [-0.2, -0.15) is 13.2 Å². The summed E-state index contributed by atoms with van der Waals surface area (Å²) in [6.45, 7) is 2.99. The third kappa shape index (κ3) is 9.30. The van der Waals surface area contributed by atoms with Gasteiger partial charge in [-0.05, 0) is 53.4 Å². The summed E-state index contributed by atoms with van der Waals surface area (Å²) in [5.41, 5.74) is -0.512. The van der Waals surface area contributed by atoms with Crippen molar-refractivity contribution in [3.63, 3.8) is 0 Å². The SMILES string of the molecule is CC(C)CNC(=O)C(Cc1ccccc1)N(Cc1ccccc1Cl)C(=O)CN(c1ccc(Cl)c(C(F)(F)F)c1)S(=O)(=O)c1ccccc1. The highest BCUT2D eigenvalue weighted by Gasteiger charge is 2.37. The average Bonchev–Trinajstić information content (AvgIpc) is 3.05. The number of amides is 2. The second kappa shape index (κ2) is 15.9. The molecule has 1 unspecified atom stereocenters. The van der Waals surface area contributed by atoms with E-state index >= 15 is 0 Å². The fourth-order valence-corrected chi connectivity index (χ4v) is 6.77. The van der Waals surface area contributed by atoms with Crippen molar-refractivity contribution in [2.75, 3.05) is 17.4 Å². The largest absolute Gasteiger partial charge is 0.417 e. The van der Waals surface area contributed by atoms with Crippen LogP contribution in [0.25, 0.3) is 0 Å². The number of alkyl halides is 3. The molecule has 0 aliphatic heterocycles. The van der Waals surface area contributed by atoms with Crippen LogP contribution in [0.5, 0.6) is 0 Å². The van der Waals surface area contributed by atoms with Gasteiger partial charge >= 0.3 is 6.18 Å². The Hall–Kier alpha value is -4.06. The minimum absolute atomic E-state index is 0.0611. The van der Waals surface area contributed by atoms with Gasteiger partial charge in [-0.1, -0.05) is 104 Å². The summed E-state index contributed by atoms with van der Waals surface area (Å²) < 4.78 is 70.5. The topological polar surface area (TPSA) is 86.8 Å². The molecule has 0 saturated carbocycles. The molecule has 4 aromatic rings. The van der Waals surface area contributed by atoms with Crippen LogP contribution in [0.1, 0.15) is 30.5 Å². The van der Waals surface area contributed by atoms with Crippen LogP contribution < -0.4 is 9.62 Å². The Morgan fingerprint density at radius 3 is 2.04 bits per heavy atom. The van der Waals surface area contributed by atoms with Crippen LogP contribution in [-0.2, 0) is 38.8 Å². The number of benzene rings is 4. The predicted octanol–water partition coefficient (Wildman–Crippen LogP) is 7.62. The molecule has 13 heteroatoms. The fourth-order valence-electron chi connectivity index (χ4n) is 4.92. The Morgan fingerprint density at radius 2 is 1.44 bits per heavy atom. The summed E-state index contributed by atoms with van der Waals surface area (Å²) in [7, 11) is -4.62. The molecule has 0 aliphatic rings. The van der Waals surface area contributed by atoms with Gasteiger partial charge in [0.2, 0.25) is 11.8 Å². The number of halogens is 5. The molecule has 0 aliphatic carbocycles. The summed E-state index contributed by atoms with van der Waals surface area (Å²) in [5.74, 6) is -1.26. The predicted molar refractivity (Wildman–Crippen MR) is 181 cm³/mol. The first-order valence-corrected chi connectivity index (χ1v) is 17.2.